The third kappa shape index (κ3) is 1.80. The molecule has 0 aliphatic carbocycles. The first kappa shape index (κ1) is 10.6. The average molecular weight is 181 g/mol. The maximum Gasteiger partial charge on any atom is 0.333 e. The highest BCUT2D eigenvalue weighted by Crippen LogP contribution is 2.49. The van der Waals surface area contributed by atoms with Crippen LogP contribution in [0, 0.1) is 0 Å². The van der Waals surface area contributed by atoms with Crippen molar-refractivity contribution in [2.75, 3.05) is 6.66 Å². The normalized spacial score (nSPS) is 21.8. The highest BCUT2D eigenvalue weighted by molar-refractivity contribution is 7.59. The zero-order chi connectivity index (χ0) is 9.28. The Kier molecular flexibility index (Phi) is 2.83. The van der Waals surface area contributed by atoms with Crippen LogP contribution in [-0.2, 0) is 9.36 Å². The van der Waals surface area contributed by atoms with Gasteiger partial charge >= 0.3 is 5.97 Å². The number of carboxylic acid groups (broad SMARTS) is 1. The smallest absolute Gasteiger partial charge is 0.333 e. The Morgan fingerprint density at radius 1 is 1.73 bits per heavy atom. The largest absolute Gasteiger partial charge is 0.479 e. The highest BCUT2D eigenvalue weighted by atomic mass is 31.2. The predicted molar refractivity (Wildman–Crippen MR) is 40.6 cm³/mol. The van der Waals surface area contributed by atoms with Gasteiger partial charge in [0, 0.05) is 6.66 Å². The standard InChI is InChI=1S/C5H12NO4P/c1-3-5(6,4(7)8)11(2,9)10/h3,6H2,1-2H3,(H,7,8)(H,9,10). The van der Waals surface area contributed by atoms with Crippen LogP contribution in [0.15, 0.2) is 0 Å². The first-order valence-electron chi connectivity index (χ1n) is 3.08. The molecule has 0 spiro atoms. The van der Waals surface area contributed by atoms with Gasteiger partial charge in [-0.2, -0.15) is 0 Å². The number of hydrogen-bond acceptors (Lipinski definition) is 3. The van der Waals surface area contributed by atoms with E-state index in [2.05, 4.69) is 0 Å². The van der Waals surface area contributed by atoms with E-state index in [-0.39, 0.29) is 6.42 Å². The summed E-state index contributed by atoms with van der Waals surface area (Å²) in [5.74, 6) is -1.44. The van der Waals surface area contributed by atoms with Crippen LogP contribution < -0.4 is 5.73 Å². The second-order valence-corrected chi connectivity index (χ2v) is 5.02. The molecule has 0 fully saturated rings. The van der Waals surface area contributed by atoms with E-state index in [1.807, 2.05) is 0 Å². The fraction of sp³-hybridized carbons (Fsp3) is 0.800. The molecule has 0 aromatic heterocycles. The lowest BCUT2D eigenvalue weighted by molar-refractivity contribution is -0.140. The molecule has 0 saturated heterocycles. The van der Waals surface area contributed by atoms with Gasteiger partial charge in [0.25, 0.3) is 0 Å². The topological polar surface area (TPSA) is 101 Å². The molecule has 5 nitrogen and oxygen atoms in total. The Labute approximate surface area is 64.7 Å². The van der Waals surface area contributed by atoms with E-state index in [0.29, 0.717) is 0 Å². The molecule has 0 aliphatic rings. The minimum atomic E-state index is -3.77. The molecule has 0 rings (SSSR count). The minimum Gasteiger partial charge on any atom is -0.479 e. The molecule has 0 aliphatic heterocycles. The molecule has 0 aromatic carbocycles. The van der Waals surface area contributed by atoms with Gasteiger partial charge in [0.2, 0.25) is 7.37 Å². The van der Waals surface area contributed by atoms with Crippen LogP contribution in [0.3, 0.4) is 0 Å². The summed E-state index contributed by atoms with van der Waals surface area (Å²) in [4.78, 5) is 19.4. The lowest BCUT2D eigenvalue weighted by Crippen LogP contribution is -2.46. The van der Waals surface area contributed by atoms with Gasteiger partial charge in [-0.25, -0.2) is 4.79 Å². The molecular weight excluding hydrogens is 169 g/mol. The molecule has 6 heteroatoms. The van der Waals surface area contributed by atoms with Crippen molar-refractivity contribution in [1.29, 1.82) is 0 Å². The summed E-state index contributed by atoms with van der Waals surface area (Å²) in [6.45, 7) is 2.41. The number of carboxylic acids is 1. The Balaban J connectivity index is 4.92. The molecule has 11 heavy (non-hydrogen) atoms. The monoisotopic (exact) mass is 181 g/mol. The quantitative estimate of drug-likeness (QED) is 0.533. The third-order valence-corrected chi connectivity index (χ3v) is 3.64. The van der Waals surface area contributed by atoms with E-state index >= 15 is 0 Å². The molecule has 0 saturated carbocycles. The lowest BCUT2D eigenvalue weighted by Gasteiger charge is -2.25. The van der Waals surface area contributed by atoms with Crippen LogP contribution in [0.5, 0.6) is 0 Å². The van der Waals surface area contributed by atoms with Gasteiger partial charge in [-0.1, -0.05) is 6.92 Å². The van der Waals surface area contributed by atoms with Crippen molar-refractivity contribution in [3.63, 3.8) is 0 Å². The maximum atomic E-state index is 11.0. The SMILES string of the molecule is CCC(N)(C(=O)O)P(C)(=O)O. The molecule has 66 valence electrons. The molecular formula is C5H12NO4P. The summed E-state index contributed by atoms with van der Waals surface area (Å²) in [5, 5.41) is 6.52. The molecule has 0 amide bonds. The number of aliphatic carboxylic acids is 1. The Hall–Kier alpha value is -0.380. The zero-order valence-corrected chi connectivity index (χ0v) is 7.34. The number of nitrogens with two attached hydrogens (primary N) is 1. The number of hydrogen-bond donors (Lipinski definition) is 3. The van der Waals surface area contributed by atoms with Crippen molar-refractivity contribution in [3.05, 3.63) is 0 Å². The van der Waals surface area contributed by atoms with Gasteiger partial charge in [-0.3, -0.25) is 4.57 Å². The van der Waals surface area contributed by atoms with Crippen molar-refractivity contribution < 1.29 is 19.4 Å². The summed E-state index contributed by atoms with van der Waals surface area (Å²) in [5.41, 5.74) is 5.20. The summed E-state index contributed by atoms with van der Waals surface area (Å²) < 4.78 is 11.0. The Morgan fingerprint density at radius 3 is 2.09 bits per heavy atom. The molecule has 4 N–H and O–H groups in total. The predicted octanol–water partition coefficient (Wildman–Crippen LogP) is 0.0362. The Morgan fingerprint density at radius 2 is 2.09 bits per heavy atom. The molecule has 0 aromatic rings. The fourth-order valence-electron chi connectivity index (χ4n) is 0.622. The third-order valence-electron chi connectivity index (χ3n) is 1.65. The van der Waals surface area contributed by atoms with E-state index in [9.17, 15) is 9.36 Å². The molecule has 0 radical (unpaired) electrons. The minimum absolute atomic E-state index is 0.0629. The number of carbonyl (C=O) groups is 1. The second-order valence-electron chi connectivity index (χ2n) is 2.46. The van der Waals surface area contributed by atoms with Gasteiger partial charge in [-0.15, -0.1) is 0 Å². The Bertz CT molecular complexity index is 211. The molecule has 2 unspecified atom stereocenters. The second kappa shape index (κ2) is 2.93. The van der Waals surface area contributed by atoms with Crippen LogP contribution in [-0.4, -0.2) is 27.9 Å². The van der Waals surface area contributed by atoms with Crippen molar-refractivity contribution >= 4 is 13.3 Å². The first-order valence-corrected chi connectivity index (χ1v) is 5.19. The lowest BCUT2D eigenvalue weighted by atomic mass is 10.2. The van der Waals surface area contributed by atoms with Crippen molar-refractivity contribution in [3.8, 4) is 0 Å². The van der Waals surface area contributed by atoms with Crippen LogP contribution >= 0.6 is 7.37 Å². The average Bonchev–Trinajstić information content (AvgIpc) is 1.83. The van der Waals surface area contributed by atoms with E-state index < -0.39 is 18.6 Å². The van der Waals surface area contributed by atoms with E-state index in [0.717, 1.165) is 6.66 Å². The van der Waals surface area contributed by atoms with Gasteiger partial charge < -0.3 is 15.7 Å². The molecule has 0 heterocycles. The molecule has 2 atom stereocenters. The molecule has 0 bridgehead atoms. The maximum absolute atomic E-state index is 11.0. The van der Waals surface area contributed by atoms with Crippen LogP contribution in [0.2, 0.25) is 0 Å². The summed E-state index contributed by atoms with van der Waals surface area (Å²) >= 11 is 0. The highest BCUT2D eigenvalue weighted by Gasteiger charge is 2.46. The van der Waals surface area contributed by atoms with Crippen LogP contribution in [0.4, 0.5) is 0 Å². The van der Waals surface area contributed by atoms with Crippen molar-refractivity contribution in [2.45, 2.75) is 18.6 Å². The zero-order valence-electron chi connectivity index (χ0n) is 6.44. The van der Waals surface area contributed by atoms with Gasteiger partial charge in [-0.05, 0) is 6.42 Å². The van der Waals surface area contributed by atoms with Crippen LogP contribution in [0.1, 0.15) is 13.3 Å². The van der Waals surface area contributed by atoms with Gasteiger partial charge in [0.15, 0.2) is 5.28 Å². The van der Waals surface area contributed by atoms with Crippen molar-refractivity contribution in [1.82, 2.24) is 0 Å². The summed E-state index contributed by atoms with van der Waals surface area (Å²) in [6.07, 6.45) is -0.0629. The summed E-state index contributed by atoms with van der Waals surface area (Å²) in [7, 11) is -3.77. The van der Waals surface area contributed by atoms with Gasteiger partial charge in [0.1, 0.15) is 0 Å². The fourth-order valence-corrected chi connectivity index (χ4v) is 1.56. The van der Waals surface area contributed by atoms with Crippen LogP contribution in [0.25, 0.3) is 0 Å². The van der Waals surface area contributed by atoms with Crippen molar-refractivity contribution in [2.24, 2.45) is 5.73 Å². The first-order chi connectivity index (χ1) is 4.75. The number of rotatable bonds is 3. The van der Waals surface area contributed by atoms with E-state index in [1.165, 1.54) is 6.92 Å². The summed E-state index contributed by atoms with van der Waals surface area (Å²) in [6, 6.07) is 0. The van der Waals surface area contributed by atoms with E-state index in [4.69, 9.17) is 15.7 Å². The van der Waals surface area contributed by atoms with E-state index in [1.54, 1.807) is 0 Å². The van der Waals surface area contributed by atoms with Gasteiger partial charge in [0.05, 0.1) is 0 Å².